The molecule has 0 heterocycles. The Kier molecular flexibility index (Phi) is 11.4. The first kappa shape index (κ1) is 16.0. The average Bonchev–Trinajstić information content (AvgIpc) is 2.25. The van der Waals surface area contributed by atoms with Crippen LogP contribution in [0.4, 0.5) is 0 Å². The largest absolute Gasteiger partial charge is 0.393 e. The van der Waals surface area contributed by atoms with E-state index in [0.29, 0.717) is 6.42 Å². The van der Waals surface area contributed by atoms with Gasteiger partial charge >= 0.3 is 0 Å². The SMILES string of the molecule is CCCCC[C@@H](O)C[C@H](O)CCC/C=C/Cl. The lowest BCUT2D eigenvalue weighted by molar-refractivity contribution is 0.0687. The molecule has 0 spiro atoms. The van der Waals surface area contributed by atoms with Gasteiger partial charge in [-0.2, -0.15) is 0 Å². The van der Waals surface area contributed by atoms with E-state index in [1.807, 2.05) is 6.08 Å². The first-order valence-electron chi connectivity index (χ1n) is 6.32. The fourth-order valence-electron chi connectivity index (χ4n) is 1.71. The summed E-state index contributed by atoms with van der Waals surface area (Å²) in [6, 6.07) is 0. The van der Waals surface area contributed by atoms with Gasteiger partial charge in [0.15, 0.2) is 0 Å². The number of allylic oxidation sites excluding steroid dienone is 1. The Morgan fingerprint density at radius 3 is 2.25 bits per heavy atom. The smallest absolute Gasteiger partial charge is 0.0565 e. The van der Waals surface area contributed by atoms with Crippen LogP contribution in [0.25, 0.3) is 0 Å². The highest BCUT2D eigenvalue weighted by atomic mass is 35.5. The summed E-state index contributed by atoms with van der Waals surface area (Å²) in [7, 11) is 0. The summed E-state index contributed by atoms with van der Waals surface area (Å²) in [5, 5.41) is 19.3. The molecule has 2 atom stereocenters. The van der Waals surface area contributed by atoms with E-state index >= 15 is 0 Å². The van der Waals surface area contributed by atoms with Crippen LogP contribution in [-0.2, 0) is 0 Å². The zero-order valence-corrected chi connectivity index (χ0v) is 11.0. The van der Waals surface area contributed by atoms with Crippen LogP contribution >= 0.6 is 11.6 Å². The van der Waals surface area contributed by atoms with Gasteiger partial charge in [-0.25, -0.2) is 0 Å². The molecule has 0 aromatic rings. The zero-order chi connectivity index (χ0) is 12.2. The fourth-order valence-corrected chi connectivity index (χ4v) is 1.84. The molecule has 0 fully saturated rings. The number of halogens is 1. The molecule has 0 aromatic carbocycles. The molecule has 0 rings (SSSR count). The molecule has 3 heteroatoms. The molecule has 0 aliphatic heterocycles. The second kappa shape index (κ2) is 11.4. The first-order valence-corrected chi connectivity index (χ1v) is 6.75. The zero-order valence-electron chi connectivity index (χ0n) is 10.2. The summed E-state index contributed by atoms with van der Waals surface area (Å²) in [4.78, 5) is 0. The molecule has 96 valence electrons. The molecule has 2 nitrogen and oxygen atoms in total. The Hall–Kier alpha value is -0.0500. The predicted octanol–water partition coefficient (Wildman–Crippen LogP) is 3.60. The van der Waals surface area contributed by atoms with Crippen molar-refractivity contribution >= 4 is 11.6 Å². The number of hydrogen-bond donors (Lipinski definition) is 2. The van der Waals surface area contributed by atoms with Crippen molar-refractivity contribution < 1.29 is 10.2 Å². The van der Waals surface area contributed by atoms with E-state index in [4.69, 9.17) is 11.6 Å². The third-order valence-corrected chi connectivity index (χ3v) is 2.86. The molecule has 0 amide bonds. The highest BCUT2D eigenvalue weighted by Gasteiger charge is 2.10. The van der Waals surface area contributed by atoms with Gasteiger partial charge in [-0.15, -0.1) is 0 Å². The topological polar surface area (TPSA) is 40.5 Å². The van der Waals surface area contributed by atoms with Gasteiger partial charge in [0.05, 0.1) is 12.2 Å². The van der Waals surface area contributed by atoms with Crippen LogP contribution in [0.1, 0.15) is 58.3 Å². The van der Waals surface area contributed by atoms with Gasteiger partial charge in [-0.05, 0) is 32.1 Å². The summed E-state index contributed by atoms with van der Waals surface area (Å²) in [5.41, 5.74) is 1.51. The second-order valence-corrected chi connectivity index (χ2v) is 4.58. The Balaban J connectivity index is 3.42. The third kappa shape index (κ3) is 10.5. The third-order valence-electron chi connectivity index (χ3n) is 2.68. The molecule has 0 unspecified atom stereocenters. The summed E-state index contributed by atoms with van der Waals surface area (Å²) < 4.78 is 0. The van der Waals surface area contributed by atoms with Crippen LogP contribution in [0.15, 0.2) is 11.6 Å². The number of unbranched alkanes of at least 4 members (excludes halogenated alkanes) is 3. The maximum absolute atomic E-state index is 9.66. The Bertz CT molecular complexity index is 171. The number of rotatable bonds is 10. The van der Waals surface area contributed by atoms with Gasteiger partial charge in [0.1, 0.15) is 0 Å². The summed E-state index contributed by atoms with van der Waals surface area (Å²) >= 11 is 5.39. The van der Waals surface area contributed by atoms with Crippen molar-refractivity contribution in [3.05, 3.63) is 11.6 Å². The lowest BCUT2D eigenvalue weighted by atomic mass is 10.0. The highest BCUT2D eigenvalue weighted by Crippen LogP contribution is 2.12. The number of aliphatic hydroxyl groups excluding tert-OH is 2. The Labute approximate surface area is 104 Å². The minimum atomic E-state index is -0.375. The fraction of sp³-hybridized carbons (Fsp3) is 0.846. The second-order valence-electron chi connectivity index (χ2n) is 4.33. The molecule has 0 aromatic heterocycles. The average molecular weight is 249 g/mol. The lowest BCUT2D eigenvalue weighted by Crippen LogP contribution is -2.17. The lowest BCUT2D eigenvalue weighted by Gasteiger charge is -2.15. The summed E-state index contributed by atoms with van der Waals surface area (Å²) in [6.07, 6.45) is 8.43. The van der Waals surface area contributed by atoms with Crippen molar-refractivity contribution in [3.8, 4) is 0 Å². The normalized spacial score (nSPS) is 15.5. The van der Waals surface area contributed by atoms with E-state index in [-0.39, 0.29) is 12.2 Å². The summed E-state index contributed by atoms with van der Waals surface area (Å²) in [6.45, 7) is 2.14. The molecule has 0 radical (unpaired) electrons. The van der Waals surface area contributed by atoms with Gasteiger partial charge in [0, 0.05) is 5.54 Å². The van der Waals surface area contributed by atoms with Crippen molar-refractivity contribution in [1.29, 1.82) is 0 Å². The van der Waals surface area contributed by atoms with Crippen LogP contribution in [0.3, 0.4) is 0 Å². The monoisotopic (exact) mass is 248 g/mol. The van der Waals surface area contributed by atoms with Crippen molar-refractivity contribution in [2.24, 2.45) is 0 Å². The van der Waals surface area contributed by atoms with Crippen LogP contribution in [0, 0.1) is 0 Å². The minimum Gasteiger partial charge on any atom is -0.393 e. The number of aliphatic hydroxyl groups is 2. The van der Waals surface area contributed by atoms with Gasteiger partial charge in [0.25, 0.3) is 0 Å². The molecule has 0 bridgehead atoms. The van der Waals surface area contributed by atoms with Gasteiger partial charge < -0.3 is 10.2 Å². The minimum absolute atomic E-state index is 0.342. The Morgan fingerprint density at radius 2 is 1.69 bits per heavy atom. The van der Waals surface area contributed by atoms with E-state index in [9.17, 15) is 10.2 Å². The van der Waals surface area contributed by atoms with Crippen LogP contribution in [-0.4, -0.2) is 22.4 Å². The maximum atomic E-state index is 9.66. The van der Waals surface area contributed by atoms with Crippen LogP contribution in [0.5, 0.6) is 0 Å². The van der Waals surface area contributed by atoms with E-state index in [2.05, 4.69) is 6.92 Å². The van der Waals surface area contributed by atoms with Crippen LogP contribution < -0.4 is 0 Å². The van der Waals surface area contributed by atoms with E-state index in [1.165, 1.54) is 12.0 Å². The number of hydrogen-bond acceptors (Lipinski definition) is 2. The van der Waals surface area contributed by atoms with Crippen molar-refractivity contribution in [2.45, 2.75) is 70.5 Å². The molecule has 0 saturated carbocycles. The van der Waals surface area contributed by atoms with Crippen molar-refractivity contribution in [2.75, 3.05) is 0 Å². The van der Waals surface area contributed by atoms with Gasteiger partial charge in [-0.3, -0.25) is 0 Å². The summed E-state index contributed by atoms with van der Waals surface area (Å²) in [5.74, 6) is 0. The molecule has 2 N–H and O–H groups in total. The van der Waals surface area contributed by atoms with E-state index in [1.54, 1.807) is 0 Å². The quantitative estimate of drug-likeness (QED) is 0.580. The van der Waals surface area contributed by atoms with E-state index < -0.39 is 0 Å². The predicted molar refractivity (Wildman–Crippen MR) is 69.6 cm³/mol. The van der Waals surface area contributed by atoms with Gasteiger partial charge in [0.2, 0.25) is 0 Å². The Morgan fingerprint density at radius 1 is 1.06 bits per heavy atom. The van der Waals surface area contributed by atoms with E-state index in [0.717, 1.165) is 38.5 Å². The molecular formula is C13H25ClO2. The highest BCUT2D eigenvalue weighted by molar-refractivity contribution is 6.25. The standard InChI is InChI=1S/C13H25ClO2/c1-2-3-5-8-12(15)11-13(16)9-6-4-7-10-14/h7,10,12-13,15-16H,2-6,8-9,11H2,1H3/b10-7+/t12-,13-/m1/s1. The molecule has 16 heavy (non-hydrogen) atoms. The molecule has 0 aliphatic carbocycles. The molecule has 0 aliphatic rings. The van der Waals surface area contributed by atoms with Gasteiger partial charge in [-0.1, -0.05) is 43.9 Å². The van der Waals surface area contributed by atoms with Crippen molar-refractivity contribution in [3.63, 3.8) is 0 Å². The van der Waals surface area contributed by atoms with Crippen molar-refractivity contribution in [1.82, 2.24) is 0 Å². The molecule has 0 saturated heterocycles. The van der Waals surface area contributed by atoms with Crippen LogP contribution in [0.2, 0.25) is 0 Å². The maximum Gasteiger partial charge on any atom is 0.0565 e. The molecular weight excluding hydrogens is 224 g/mol. The first-order chi connectivity index (χ1) is 7.70.